The van der Waals surface area contributed by atoms with E-state index in [1.54, 1.807) is 17.7 Å². The SMILES string of the molecule is Cn1c(=O)c2c(n(C)c1=O)n1c(-c3c(F)cccc3Cl)nnc1n2Cc1ccccc1. The van der Waals surface area contributed by atoms with Gasteiger partial charge >= 0.3 is 5.69 Å². The van der Waals surface area contributed by atoms with E-state index >= 15 is 0 Å². The van der Waals surface area contributed by atoms with Crippen molar-refractivity contribution in [3.05, 3.63) is 85.8 Å². The van der Waals surface area contributed by atoms with Gasteiger partial charge in [-0.1, -0.05) is 48.0 Å². The number of hydrogen-bond acceptors (Lipinski definition) is 4. The predicted molar refractivity (Wildman–Crippen MR) is 115 cm³/mol. The third-order valence-corrected chi connectivity index (χ3v) is 5.66. The molecule has 0 spiro atoms. The van der Waals surface area contributed by atoms with Crippen LogP contribution in [0.2, 0.25) is 5.02 Å². The summed E-state index contributed by atoms with van der Waals surface area (Å²) >= 11 is 6.27. The number of aromatic nitrogens is 6. The lowest BCUT2D eigenvalue weighted by atomic mass is 10.2. The molecule has 0 atom stereocenters. The highest BCUT2D eigenvalue weighted by Crippen LogP contribution is 2.31. The van der Waals surface area contributed by atoms with E-state index in [-0.39, 0.29) is 27.6 Å². The molecular weight excluding hydrogens is 423 g/mol. The van der Waals surface area contributed by atoms with Gasteiger partial charge in [0, 0.05) is 14.1 Å². The molecule has 31 heavy (non-hydrogen) atoms. The van der Waals surface area contributed by atoms with Crippen LogP contribution in [-0.4, -0.2) is 28.3 Å². The summed E-state index contributed by atoms with van der Waals surface area (Å²) in [6, 6.07) is 13.8. The van der Waals surface area contributed by atoms with Crippen LogP contribution in [0.3, 0.4) is 0 Å². The minimum atomic E-state index is -0.584. The van der Waals surface area contributed by atoms with E-state index in [9.17, 15) is 14.0 Å². The van der Waals surface area contributed by atoms with Gasteiger partial charge in [0.05, 0.1) is 17.1 Å². The van der Waals surface area contributed by atoms with E-state index in [2.05, 4.69) is 10.2 Å². The highest BCUT2D eigenvalue weighted by atomic mass is 35.5. The van der Waals surface area contributed by atoms with Crippen molar-refractivity contribution in [2.75, 3.05) is 0 Å². The van der Waals surface area contributed by atoms with Gasteiger partial charge in [-0.25, -0.2) is 13.6 Å². The molecule has 0 radical (unpaired) electrons. The smallest absolute Gasteiger partial charge is 0.298 e. The molecule has 0 fully saturated rings. The second-order valence-electron chi connectivity index (χ2n) is 7.21. The lowest BCUT2D eigenvalue weighted by molar-refractivity contribution is 0.629. The van der Waals surface area contributed by atoms with E-state index in [0.29, 0.717) is 12.3 Å². The summed E-state index contributed by atoms with van der Waals surface area (Å²) < 4.78 is 20.3. The van der Waals surface area contributed by atoms with E-state index in [4.69, 9.17) is 11.6 Å². The molecule has 2 aromatic carbocycles. The summed E-state index contributed by atoms with van der Waals surface area (Å²) in [5.74, 6) is -0.177. The van der Waals surface area contributed by atoms with Crippen molar-refractivity contribution in [2.45, 2.75) is 6.54 Å². The molecule has 0 unspecified atom stereocenters. The van der Waals surface area contributed by atoms with Crippen LogP contribution in [0.4, 0.5) is 4.39 Å². The van der Waals surface area contributed by atoms with Crippen molar-refractivity contribution in [3.8, 4) is 11.4 Å². The fraction of sp³-hybridized carbons (Fsp3) is 0.143. The fourth-order valence-electron chi connectivity index (χ4n) is 3.84. The van der Waals surface area contributed by atoms with Crippen molar-refractivity contribution in [1.82, 2.24) is 28.3 Å². The standard InChI is InChI=1S/C21H16ClFN6O2/c1-26-18-16(19(30)27(2)21(26)31)28(11-12-7-4-3-5-8-12)20-25-24-17(29(18)20)15-13(22)9-6-10-14(15)23/h3-10H,11H2,1-2H3. The lowest BCUT2D eigenvalue weighted by Gasteiger charge is -2.08. The first-order valence-corrected chi connectivity index (χ1v) is 9.79. The summed E-state index contributed by atoms with van der Waals surface area (Å²) in [5, 5.41) is 8.55. The van der Waals surface area contributed by atoms with Gasteiger partial charge in [-0.05, 0) is 17.7 Å². The topological polar surface area (TPSA) is 79.1 Å². The monoisotopic (exact) mass is 438 g/mol. The molecule has 0 N–H and O–H groups in total. The highest BCUT2D eigenvalue weighted by molar-refractivity contribution is 6.33. The van der Waals surface area contributed by atoms with Crippen LogP contribution in [0.15, 0.2) is 58.1 Å². The molecule has 10 heteroatoms. The van der Waals surface area contributed by atoms with Crippen LogP contribution < -0.4 is 11.2 Å². The Bertz CT molecular complexity index is 1580. The molecule has 3 aromatic heterocycles. The number of aryl methyl sites for hydroxylation is 1. The number of rotatable bonds is 3. The van der Waals surface area contributed by atoms with E-state index in [0.717, 1.165) is 10.1 Å². The molecule has 8 nitrogen and oxygen atoms in total. The molecule has 0 amide bonds. The largest absolute Gasteiger partial charge is 0.332 e. The zero-order valence-corrected chi connectivity index (χ0v) is 17.3. The molecule has 5 rings (SSSR count). The van der Waals surface area contributed by atoms with Gasteiger partial charge < -0.3 is 0 Å². The molecule has 0 aliphatic heterocycles. The van der Waals surface area contributed by atoms with Gasteiger partial charge in [0.15, 0.2) is 17.0 Å². The first-order valence-electron chi connectivity index (χ1n) is 9.41. The van der Waals surface area contributed by atoms with Crippen LogP contribution in [0.25, 0.3) is 28.3 Å². The van der Waals surface area contributed by atoms with Crippen LogP contribution in [-0.2, 0) is 20.6 Å². The molecule has 156 valence electrons. The normalized spacial score (nSPS) is 11.6. The molecule has 0 saturated carbocycles. The minimum Gasteiger partial charge on any atom is -0.298 e. The van der Waals surface area contributed by atoms with Crippen molar-refractivity contribution >= 4 is 28.5 Å². The Hall–Kier alpha value is -3.72. The fourth-order valence-corrected chi connectivity index (χ4v) is 4.09. The third-order valence-electron chi connectivity index (χ3n) is 5.35. The Morgan fingerprint density at radius 2 is 1.71 bits per heavy atom. The molecule has 0 aliphatic rings. The first-order chi connectivity index (χ1) is 14.9. The summed E-state index contributed by atoms with van der Waals surface area (Å²) in [6.45, 7) is 0.310. The molecule has 3 heterocycles. The Kier molecular flexibility index (Phi) is 4.30. The van der Waals surface area contributed by atoms with Crippen LogP contribution in [0, 0.1) is 5.82 Å². The van der Waals surface area contributed by atoms with Crippen LogP contribution in [0.5, 0.6) is 0 Å². The summed E-state index contributed by atoms with van der Waals surface area (Å²) in [7, 11) is 2.96. The Morgan fingerprint density at radius 3 is 2.42 bits per heavy atom. The summed E-state index contributed by atoms with van der Waals surface area (Å²) in [4.78, 5) is 25.8. The van der Waals surface area contributed by atoms with E-state index in [1.165, 1.54) is 28.1 Å². The molecule has 5 aromatic rings. The highest BCUT2D eigenvalue weighted by Gasteiger charge is 2.26. The quantitative estimate of drug-likeness (QED) is 0.433. The lowest BCUT2D eigenvalue weighted by Crippen LogP contribution is -2.37. The van der Waals surface area contributed by atoms with Gasteiger partial charge in [-0.2, -0.15) is 0 Å². The molecule has 0 aliphatic carbocycles. The second-order valence-corrected chi connectivity index (χ2v) is 7.61. The second kappa shape index (κ2) is 6.92. The number of halogens is 2. The Labute approximate surface area is 179 Å². The number of imidazole rings is 1. The average Bonchev–Trinajstić information content (AvgIpc) is 3.31. The van der Waals surface area contributed by atoms with Crippen LogP contribution in [0.1, 0.15) is 5.56 Å². The maximum Gasteiger partial charge on any atom is 0.332 e. The number of hydrogen-bond donors (Lipinski definition) is 0. The van der Waals surface area contributed by atoms with E-state index in [1.807, 2.05) is 30.3 Å². The predicted octanol–water partition coefficient (Wildman–Crippen LogP) is 2.59. The zero-order valence-electron chi connectivity index (χ0n) is 16.6. The van der Waals surface area contributed by atoms with Gasteiger partial charge in [-0.3, -0.25) is 18.5 Å². The first kappa shape index (κ1) is 19.3. The van der Waals surface area contributed by atoms with Crippen molar-refractivity contribution in [3.63, 3.8) is 0 Å². The summed E-state index contributed by atoms with van der Waals surface area (Å²) in [5.41, 5.74) is 0.487. The summed E-state index contributed by atoms with van der Waals surface area (Å²) in [6.07, 6.45) is 0. The van der Waals surface area contributed by atoms with Crippen LogP contribution >= 0.6 is 11.6 Å². The van der Waals surface area contributed by atoms with Gasteiger partial charge in [0.2, 0.25) is 5.78 Å². The van der Waals surface area contributed by atoms with Gasteiger partial charge in [0.1, 0.15) is 5.82 Å². The molecule has 0 bridgehead atoms. The molecular formula is C21H16ClFN6O2. The van der Waals surface area contributed by atoms with Gasteiger partial charge in [0.25, 0.3) is 5.56 Å². The van der Waals surface area contributed by atoms with Crippen molar-refractivity contribution in [1.29, 1.82) is 0 Å². The maximum atomic E-state index is 14.7. The Balaban J connectivity index is 1.97. The van der Waals surface area contributed by atoms with Gasteiger partial charge in [-0.15, -0.1) is 10.2 Å². The minimum absolute atomic E-state index is 0.0450. The zero-order chi connectivity index (χ0) is 21.9. The maximum absolute atomic E-state index is 14.7. The van der Waals surface area contributed by atoms with E-state index < -0.39 is 17.1 Å². The average molecular weight is 439 g/mol. The number of fused-ring (bicyclic) bond motifs is 3. The number of nitrogens with zero attached hydrogens (tertiary/aromatic N) is 6. The third kappa shape index (κ3) is 2.73. The number of benzene rings is 2. The van der Waals surface area contributed by atoms with Crippen molar-refractivity contribution < 1.29 is 4.39 Å². The Morgan fingerprint density at radius 1 is 0.968 bits per heavy atom. The van der Waals surface area contributed by atoms with Crippen molar-refractivity contribution in [2.24, 2.45) is 14.1 Å². The molecule has 0 saturated heterocycles.